The highest BCUT2D eigenvalue weighted by molar-refractivity contribution is 7.98. The first-order chi connectivity index (χ1) is 17.6. The summed E-state index contributed by atoms with van der Waals surface area (Å²) in [6, 6.07) is 21.9. The Morgan fingerprint density at radius 1 is 0.944 bits per heavy atom. The fourth-order valence-electron chi connectivity index (χ4n) is 4.76. The van der Waals surface area contributed by atoms with Gasteiger partial charge >= 0.3 is 0 Å². The van der Waals surface area contributed by atoms with Crippen LogP contribution in [0, 0.1) is 0 Å². The molecule has 0 bridgehead atoms. The quantitative estimate of drug-likeness (QED) is 0.177. The van der Waals surface area contributed by atoms with E-state index in [1.165, 1.54) is 24.2 Å². The van der Waals surface area contributed by atoms with Crippen molar-refractivity contribution in [3.63, 3.8) is 0 Å². The Bertz CT molecular complexity index is 1340. The third-order valence-corrected chi connectivity index (χ3v) is 8.75. The number of hydrogen-bond acceptors (Lipinski definition) is 6. The average Bonchev–Trinajstić information content (AvgIpc) is 3.32. The van der Waals surface area contributed by atoms with Crippen molar-refractivity contribution in [2.45, 2.75) is 37.3 Å². The van der Waals surface area contributed by atoms with E-state index in [-0.39, 0.29) is 12.0 Å². The molecule has 1 saturated heterocycles. The van der Waals surface area contributed by atoms with Crippen molar-refractivity contribution < 1.29 is 14.3 Å². The Hall–Kier alpha value is -2.80. The van der Waals surface area contributed by atoms with Gasteiger partial charge in [0.1, 0.15) is 17.7 Å². The number of ketones is 1. The van der Waals surface area contributed by atoms with E-state index in [0.717, 1.165) is 50.7 Å². The maximum Gasteiger partial charge on any atom is 0.195 e. The second-order valence-electron chi connectivity index (χ2n) is 9.06. The molecule has 0 radical (unpaired) electrons. The molecular weight excluding hydrogens is 486 g/mol. The number of hydrogen-bond donors (Lipinski definition) is 0. The van der Waals surface area contributed by atoms with Gasteiger partial charge in [-0.25, -0.2) is 0 Å². The van der Waals surface area contributed by atoms with E-state index in [1.54, 1.807) is 30.2 Å². The molecule has 0 spiro atoms. The first-order valence-electron chi connectivity index (χ1n) is 12.4. The van der Waals surface area contributed by atoms with Crippen LogP contribution >= 0.6 is 23.1 Å². The highest BCUT2D eigenvalue weighted by Gasteiger charge is 2.23. The van der Waals surface area contributed by atoms with E-state index in [0.29, 0.717) is 5.56 Å². The van der Waals surface area contributed by atoms with E-state index in [9.17, 15) is 4.79 Å². The van der Waals surface area contributed by atoms with Gasteiger partial charge in [0.2, 0.25) is 0 Å². The van der Waals surface area contributed by atoms with Crippen molar-refractivity contribution in [2.24, 2.45) is 0 Å². The highest BCUT2D eigenvalue weighted by Crippen LogP contribution is 2.41. The van der Waals surface area contributed by atoms with Crippen molar-refractivity contribution in [2.75, 3.05) is 26.5 Å². The summed E-state index contributed by atoms with van der Waals surface area (Å²) in [4.78, 5) is 18.5. The first-order valence-corrected chi connectivity index (χ1v) is 14.4. The van der Waals surface area contributed by atoms with E-state index < -0.39 is 0 Å². The van der Waals surface area contributed by atoms with Crippen LogP contribution in [0.5, 0.6) is 11.5 Å². The fraction of sp³-hybridized carbons (Fsp3) is 0.300. The zero-order valence-corrected chi connectivity index (χ0v) is 22.6. The number of benzene rings is 3. The fourth-order valence-corrected chi connectivity index (χ4v) is 6.40. The number of carbonyl (C=O) groups is 1. The Labute approximate surface area is 221 Å². The Morgan fingerprint density at radius 3 is 2.31 bits per heavy atom. The van der Waals surface area contributed by atoms with Gasteiger partial charge in [0.25, 0.3) is 0 Å². The van der Waals surface area contributed by atoms with Crippen LogP contribution < -0.4 is 9.47 Å². The van der Waals surface area contributed by atoms with Crippen molar-refractivity contribution in [1.82, 2.24) is 4.90 Å². The molecule has 0 N–H and O–H groups in total. The molecule has 36 heavy (non-hydrogen) atoms. The largest absolute Gasteiger partial charge is 0.497 e. The van der Waals surface area contributed by atoms with E-state index in [2.05, 4.69) is 42.3 Å². The maximum atomic E-state index is 13.9. The van der Waals surface area contributed by atoms with E-state index >= 15 is 0 Å². The van der Waals surface area contributed by atoms with Gasteiger partial charge in [-0.15, -0.1) is 23.1 Å². The summed E-state index contributed by atoms with van der Waals surface area (Å²) in [6.45, 7) is 4.26. The number of methoxy groups -OCH3 is 1. The number of thiophene rings is 1. The van der Waals surface area contributed by atoms with Crippen molar-refractivity contribution in [1.29, 1.82) is 0 Å². The smallest absolute Gasteiger partial charge is 0.195 e. The third-order valence-electron chi connectivity index (χ3n) is 6.80. The van der Waals surface area contributed by atoms with Gasteiger partial charge in [0.05, 0.1) is 7.11 Å². The van der Waals surface area contributed by atoms with Crippen LogP contribution in [0.25, 0.3) is 20.5 Å². The maximum absolute atomic E-state index is 13.9. The molecule has 0 aliphatic carbocycles. The lowest BCUT2D eigenvalue weighted by Crippen LogP contribution is -2.40. The molecule has 1 fully saturated rings. The lowest BCUT2D eigenvalue weighted by atomic mass is 9.97. The molecule has 186 valence electrons. The summed E-state index contributed by atoms with van der Waals surface area (Å²) in [5, 5.41) is 0.953. The second-order valence-corrected chi connectivity index (χ2v) is 11.0. The minimum Gasteiger partial charge on any atom is -0.497 e. The molecule has 0 amide bonds. The van der Waals surface area contributed by atoms with Crippen LogP contribution in [0.3, 0.4) is 0 Å². The summed E-state index contributed by atoms with van der Waals surface area (Å²) in [5.74, 6) is 1.60. The van der Waals surface area contributed by atoms with Gasteiger partial charge in [-0.2, -0.15) is 0 Å². The molecule has 1 aliphatic heterocycles. The molecule has 4 nitrogen and oxygen atoms in total. The highest BCUT2D eigenvalue weighted by atomic mass is 32.2. The lowest BCUT2D eigenvalue weighted by Gasteiger charge is -2.32. The Morgan fingerprint density at radius 2 is 1.64 bits per heavy atom. The number of piperidine rings is 1. The van der Waals surface area contributed by atoms with E-state index in [1.807, 2.05) is 42.5 Å². The van der Waals surface area contributed by atoms with Crippen LogP contribution in [-0.4, -0.2) is 43.4 Å². The van der Waals surface area contributed by atoms with Gasteiger partial charge in [-0.05, 0) is 86.2 Å². The molecular formula is C30H31NO3S2. The van der Waals surface area contributed by atoms with Crippen LogP contribution in [0.2, 0.25) is 0 Å². The van der Waals surface area contributed by atoms with Gasteiger partial charge in [-0.1, -0.05) is 18.6 Å². The minimum atomic E-state index is 0.0194. The van der Waals surface area contributed by atoms with E-state index in [4.69, 9.17) is 9.47 Å². The number of carbonyl (C=O) groups excluding carboxylic acids is 1. The molecule has 4 aromatic rings. The monoisotopic (exact) mass is 517 g/mol. The van der Waals surface area contributed by atoms with Crippen molar-refractivity contribution in [3.05, 3.63) is 77.9 Å². The van der Waals surface area contributed by atoms with Gasteiger partial charge < -0.3 is 9.47 Å². The summed E-state index contributed by atoms with van der Waals surface area (Å²) >= 11 is 3.34. The second kappa shape index (κ2) is 11.1. The number of fused-ring (bicyclic) bond motifs is 1. The number of nitrogens with zero attached hydrogens (tertiary/aromatic N) is 1. The van der Waals surface area contributed by atoms with Crippen molar-refractivity contribution >= 4 is 39.0 Å². The summed E-state index contributed by atoms with van der Waals surface area (Å²) in [7, 11) is 1.67. The topological polar surface area (TPSA) is 38.8 Å². The van der Waals surface area contributed by atoms with Gasteiger partial charge in [-0.3, -0.25) is 9.69 Å². The number of thioether (sulfide) groups is 1. The third kappa shape index (κ3) is 5.17. The zero-order chi connectivity index (χ0) is 25.1. The summed E-state index contributed by atoms with van der Waals surface area (Å²) in [5.41, 5.74) is 2.45. The SMILES string of the molecule is COc1ccc2c(C(=O)c3ccc(OC(C)N4CCCCC4)cc3)c(-c3ccc(SC)cc3)sc2c1. The first kappa shape index (κ1) is 24.9. The summed E-state index contributed by atoms with van der Waals surface area (Å²) in [6.07, 6.45) is 5.84. The lowest BCUT2D eigenvalue weighted by molar-refractivity contribution is 0.0262. The molecule has 3 aromatic carbocycles. The predicted octanol–water partition coefficient (Wildman–Crippen LogP) is 7.74. The molecule has 6 heteroatoms. The minimum absolute atomic E-state index is 0.0194. The molecule has 0 saturated carbocycles. The number of ether oxygens (including phenoxy) is 2. The zero-order valence-electron chi connectivity index (χ0n) is 21.0. The Kier molecular flexibility index (Phi) is 7.65. The average molecular weight is 518 g/mol. The van der Waals surface area contributed by atoms with Crippen molar-refractivity contribution in [3.8, 4) is 21.9 Å². The van der Waals surface area contributed by atoms with Gasteiger partial charge in [0, 0.05) is 44.1 Å². The molecule has 1 aliphatic rings. The molecule has 1 aromatic heterocycles. The molecule has 2 heterocycles. The predicted molar refractivity (Wildman–Crippen MR) is 151 cm³/mol. The number of rotatable bonds is 8. The van der Waals surface area contributed by atoms with Crippen LogP contribution in [0.1, 0.15) is 42.1 Å². The van der Waals surface area contributed by atoms with Crippen LogP contribution in [-0.2, 0) is 0 Å². The normalized spacial score (nSPS) is 15.1. The summed E-state index contributed by atoms with van der Waals surface area (Å²) < 4.78 is 12.7. The Balaban J connectivity index is 1.46. The number of likely N-dealkylation sites (tertiary alicyclic amines) is 1. The molecule has 5 rings (SSSR count). The molecule has 1 atom stereocenters. The van der Waals surface area contributed by atoms with Crippen LogP contribution in [0.15, 0.2) is 71.6 Å². The standard InChI is InChI=1S/C30H31NO3S2/c1-20(31-17-5-4-6-18-31)34-23-11-7-21(8-12-23)29(32)28-26-16-13-24(33-2)19-27(26)36-30(28)22-9-14-25(35-3)15-10-22/h7-16,19-20H,4-6,17-18H2,1-3H3. The van der Waals surface area contributed by atoms with Crippen LogP contribution in [0.4, 0.5) is 0 Å². The molecule has 1 unspecified atom stereocenters. The van der Waals surface area contributed by atoms with Gasteiger partial charge in [0.15, 0.2) is 5.78 Å².